The predicted molar refractivity (Wildman–Crippen MR) is 81.5 cm³/mol. The number of hydrogen-bond donors (Lipinski definition) is 2. The molecule has 8 heteroatoms. The van der Waals surface area contributed by atoms with Crippen LogP contribution in [0.3, 0.4) is 0 Å². The Bertz CT molecular complexity index is 624. The van der Waals surface area contributed by atoms with Crippen LogP contribution in [0.25, 0.3) is 0 Å². The van der Waals surface area contributed by atoms with Crippen LogP contribution in [0.4, 0.5) is 0 Å². The quantitative estimate of drug-likeness (QED) is 0.814. The van der Waals surface area contributed by atoms with Crippen molar-refractivity contribution < 1.29 is 14.7 Å². The number of hydrogen-bond acceptors (Lipinski definition) is 5. The summed E-state index contributed by atoms with van der Waals surface area (Å²) in [6.45, 7) is 0.456. The lowest BCUT2D eigenvalue weighted by molar-refractivity contribution is -0.120. The average Bonchev–Trinajstić information content (AvgIpc) is 2.99. The fourth-order valence-corrected chi connectivity index (χ4v) is 3.75. The Morgan fingerprint density at radius 2 is 2.20 bits per heavy atom. The van der Waals surface area contributed by atoms with Gasteiger partial charge in [-0.05, 0) is 28.1 Å². The largest absolute Gasteiger partial charge is 0.476 e. The highest BCUT2D eigenvalue weighted by molar-refractivity contribution is 9.11. The number of carboxylic acid groups (broad SMARTS) is 1. The number of carbonyl (C=O) groups excluding carboxylic acids is 1. The van der Waals surface area contributed by atoms with Gasteiger partial charge in [-0.15, -0.1) is 22.7 Å². The fraction of sp³-hybridized carbons (Fsp3) is 0.250. The Hall–Kier alpha value is -1.25. The minimum absolute atomic E-state index is 0.0469. The zero-order valence-electron chi connectivity index (χ0n) is 10.3. The summed E-state index contributed by atoms with van der Waals surface area (Å²) in [5.41, 5.74) is 0.0553. The zero-order valence-corrected chi connectivity index (χ0v) is 13.5. The minimum atomic E-state index is -1.03. The molecule has 0 unspecified atom stereocenters. The van der Waals surface area contributed by atoms with E-state index in [0.29, 0.717) is 24.4 Å². The third-order valence-electron chi connectivity index (χ3n) is 2.40. The molecule has 0 aromatic carbocycles. The standard InChI is InChI=1S/C12H11BrN2O3S2/c13-9-2-1-7(20-9)5-10(16)14-4-3-11-15-8(6-19-11)12(17)18/h1-2,6H,3-5H2,(H,14,16)(H,17,18). The Labute approximate surface area is 131 Å². The molecule has 2 rings (SSSR count). The highest BCUT2D eigenvalue weighted by Crippen LogP contribution is 2.22. The number of carbonyl (C=O) groups is 2. The van der Waals surface area contributed by atoms with Crippen molar-refractivity contribution in [1.29, 1.82) is 0 Å². The zero-order chi connectivity index (χ0) is 14.5. The third kappa shape index (κ3) is 4.39. The maximum Gasteiger partial charge on any atom is 0.355 e. The first-order valence-corrected chi connectivity index (χ1v) is 8.22. The van der Waals surface area contributed by atoms with Gasteiger partial charge < -0.3 is 10.4 Å². The van der Waals surface area contributed by atoms with Gasteiger partial charge in [-0.25, -0.2) is 9.78 Å². The number of thiophene rings is 1. The van der Waals surface area contributed by atoms with E-state index in [4.69, 9.17) is 5.11 Å². The molecule has 0 saturated carbocycles. The molecule has 0 bridgehead atoms. The van der Waals surface area contributed by atoms with Crippen molar-refractivity contribution in [2.45, 2.75) is 12.8 Å². The minimum Gasteiger partial charge on any atom is -0.476 e. The van der Waals surface area contributed by atoms with E-state index in [-0.39, 0.29) is 11.6 Å². The first-order valence-electron chi connectivity index (χ1n) is 5.73. The Balaban J connectivity index is 1.74. The number of carboxylic acids is 1. The Morgan fingerprint density at radius 3 is 2.80 bits per heavy atom. The summed E-state index contributed by atoms with van der Waals surface area (Å²) in [7, 11) is 0. The van der Waals surface area contributed by atoms with E-state index in [9.17, 15) is 9.59 Å². The van der Waals surface area contributed by atoms with Gasteiger partial charge in [0.05, 0.1) is 15.2 Å². The van der Waals surface area contributed by atoms with Gasteiger partial charge in [-0.1, -0.05) is 0 Å². The monoisotopic (exact) mass is 374 g/mol. The van der Waals surface area contributed by atoms with Crippen molar-refractivity contribution in [1.82, 2.24) is 10.3 Å². The summed E-state index contributed by atoms with van der Waals surface area (Å²) in [6.07, 6.45) is 0.895. The summed E-state index contributed by atoms with van der Waals surface area (Å²) in [4.78, 5) is 27.3. The van der Waals surface area contributed by atoms with Crippen LogP contribution in [-0.2, 0) is 17.6 Å². The number of thiazole rings is 1. The number of nitrogens with zero attached hydrogens (tertiary/aromatic N) is 1. The van der Waals surface area contributed by atoms with Crippen LogP contribution in [0.15, 0.2) is 21.3 Å². The predicted octanol–water partition coefficient (Wildman–Crippen LogP) is 2.57. The van der Waals surface area contributed by atoms with E-state index in [2.05, 4.69) is 26.2 Å². The SMILES string of the molecule is O=C(Cc1ccc(Br)s1)NCCc1nc(C(=O)O)cs1. The van der Waals surface area contributed by atoms with E-state index in [1.165, 1.54) is 28.1 Å². The van der Waals surface area contributed by atoms with E-state index < -0.39 is 5.97 Å². The van der Waals surface area contributed by atoms with Gasteiger partial charge in [0.1, 0.15) is 0 Å². The van der Waals surface area contributed by atoms with Crippen LogP contribution < -0.4 is 5.32 Å². The molecule has 0 aliphatic rings. The maximum absolute atomic E-state index is 11.7. The molecule has 2 N–H and O–H groups in total. The van der Waals surface area contributed by atoms with Crippen molar-refractivity contribution in [3.8, 4) is 0 Å². The molecule has 2 aromatic rings. The molecule has 106 valence electrons. The lowest BCUT2D eigenvalue weighted by Gasteiger charge is -2.02. The van der Waals surface area contributed by atoms with Gasteiger partial charge in [0.15, 0.2) is 5.69 Å². The molecular formula is C12H11BrN2O3S2. The fourth-order valence-electron chi connectivity index (χ4n) is 1.50. The lowest BCUT2D eigenvalue weighted by Crippen LogP contribution is -2.26. The summed E-state index contributed by atoms with van der Waals surface area (Å²) < 4.78 is 1.00. The molecule has 0 radical (unpaired) electrons. The Kier molecular flexibility index (Phi) is 5.27. The van der Waals surface area contributed by atoms with Crippen molar-refractivity contribution in [2.24, 2.45) is 0 Å². The molecule has 0 spiro atoms. The number of nitrogens with one attached hydrogen (secondary N) is 1. The molecule has 2 heterocycles. The summed E-state index contributed by atoms with van der Waals surface area (Å²) >= 11 is 6.17. The second-order valence-corrected chi connectivity index (χ2v) is 7.40. The summed E-state index contributed by atoms with van der Waals surface area (Å²) in [5, 5.41) is 13.8. The maximum atomic E-state index is 11.7. The first kappa shape index (κ1) is 15.1. The smallest absolute Gasteiger partial charge is 0.355 e. The van der Waals surface area contributed by atoms with E-state index in [1.54, 1.807) is 0 Å². The first-order chi connectivity index (χ1) is 9.54. The molecule has 0 aliphatic carbocycles. The molecule has 0 saturated heterocycles. The molecule has 20 heavy (non-hydrogen) atoms. The highest BCUT2D eigenvalue weighted by Gasteiger charge is 2.09. The third-order valence-corrected chi connectivity index (χ3v) is 4.93. The van der Waals surface area contributed by atoms with Crippen LogP contribution in [-0.4, -0.2) is 28.5 Å². The van der Waals surface area contributed by atoms with Gasteiger partial charge in [-0.3, -0.25) is 4.79 Å². The molecule has 0 aliphatic heterocycles. The van der Waals surface area contributed by atoms with Crippen LogP contribution in [0.5, 0.6) is 0 Å². The number of rotatable bonds is 6. The molecule has 0 atom stereocenters. The molecule has 1 amide bonds. The lowest BCUT2D eigenvalue weighted by atomic mass is 10.3. The number of halogens is 1. The summed E-state index contributed by atoms with van der Waals surface area (Å²) in [6, 6.07) is 3.82. The highest BCUT2D eigenvalue weighted by atomic mass is 79.9. The van der Waals surface area contributed by atoms with Crippen LogP contribution in [0.2, 0.25) is 0 Å². The molecule has 5 nitrogen and oxygen atoms in total. The van der Waals surface area contributed by atoms with Gasteiger partial charge in [0, 0.05) is 23.2 Å². The topological polar surface area (TPSA) is 79.3 Å². The van der Waals surface area contributed by atoms with Gasteiger partial charge in [0.2, 0.25) is 5.91 Å². The normalized spacial score (nSPS) is 10.4. The molecule has 2 aromatic heterocycles. The van der Waals surface area contributed by atoms with Gasteiger partial charge in [0.25, 0.3) is 0 Å². The van der Waals surface area contributed by atoms with Crippen LogP contribution >= 0.6 is 38.6 Å². The number of aromatic nitrogens is 1. The van der Waals surface area contributed by atoms with Crippen LogP contribution in [0, 0.1) is 0 Å². The van der Waals surface area contributed by atoms with Crippen LogP contribution in [0.1, 0.15) is 20.4 Å². The van der Waals surface area contributed by atoms with E-state index in [0.717, 1.165) is 8.66 Å². The van der Waals surface area contributed by atoms with Gasteiger partial charge in [-0.2, -0.15) is 0 Å². The average molecular weight is 375 g/mol. The Morgan fingerprint density at radius 1 is 1.40 bits per heavy atom. The van der Waals surface area contributed by atoms with Crippen molar-refractivity contribution in [3.63, 3.8) is 0 Å². The van der Waals surface area contributed by atoms with E-state index in [1.807, 2.05) is 12.1 Å². The van der Waals surface area contributed by atoms with Crippen molar-refractivity contribution in [3.05, 3.63) is 36.9 Å². The summed E-state index contributed by atoms with van der Waals surface area (Å²) in [5.74, 6) is -1.07. The second-order valence-electron chi connectivity index (χ2n) is 3.91. The van der Waals surface area contributed by atoms with E-state index >= 15 is 0 Å². The van der Waals surface area contributed by atoms with Crippen molar-refractivity contribution in [2.75, 3.05) is 6.54 Å². The van der Waals surface area contributed by atoms with Crippen molar-refractivity contribution >= 4 is 50.5 Å². The number of amides is 1. The molecule has 0 fully saturated rings. The second kappa shape index (κ2) is 6.96. The number of aromatic carboxylic acids is 1. The van der Waals surface area contributed by atoms with Gasteiger partial charge >= 0.3 is 5.97 Å². The molecular weight excluding hydrogens is 364 g/mol.